The van der Waals surface area contributed by atoms with E-state index in [0.29, 0.717) is 16.5 Å². The highest BCUT2D eigenvalue weighted by atomic mass is 79.9. The number of benzene rings is 2. The van der Waals surface area contributed by atoms with E-state index in [2.05, 4.69) is 31.9 Å². The first-order valence-electron chi connectivity index (χ1n) is 6.33. The minimum absolute atomic E-state index is 0.183. The van der Waals surface area contributed by atoms with Crippen LogP contribution in [0.15, 0.2) is 46.9 Å². The summed E-state index contributed by atoms with van der Waals surface area (Å²) < 4.78 is 39.1. The van der Waals surface area contributed by atoms with Crippen LogP contribution in [-0.2, 0) is 12.6 Å². The lowest BCUT2D eigenvalue weighted by molar-refractivity contribution is -0.137. The first-order chi connectivity index (χ1) is 9.77. The lowest BCUT2D eigenvalue weighted by atomic mass is 10.0. The molecule has 0 radical (unpaired) electrons. The van der Waals surface area contributed by atoms with Crippen molar-refractivity contribution in [1.82, 2.24) is 0 Å². The SMILES string of the molecule is Cc1ccc(CC(Br)c2cc(C(F)(F)F)ccc2Br)cc1. The fourth-order valence-corrected chi connectivity index (χ4v) is 3.58. The summed E-state index contributed by atoms with van der Waals surface area (Å²) >= 11 is 6.82. The van der Waals surface area contributed by atoms with Crippen molar-refractivity contribution in [2.24, 2.45) is 0 Å². The molecular formula is C16H13Br2F3. The number of hydrogen-bond acceptors (Lipinski definition) is 0. The molecule has 21 heavy (non-hydrogen) atoms. The maximum atomic E-state index is 12.8. The Morgan fingerprint density at radius 1 is 1.05 bits per heavy atom. The standard InChI is InChI=1S/C16H13Br2F3/c1-10-2-4-11(5-3-10)8-15(18)13-9-12(16(19,20)21)6-7-14(13)17/h2-7,9,15H,8H2,1H3. The van der Waals surface area contributed by atoms with E-state index in [0.717, 1.165) is 17.2 Å². The first-order valence-corrected chi connectivity index (χ1v) is 8.04. The van der Waals surface area contributed by atoms with Gasteiger partial charge in [-0.15, -0.1) is 0 Å². The molecular weight excluding hydrogens is 409 g/mol. The van der Waals surface area contributed by atoms with Gasteiger partial charge in [-0.2, -0.15) is 13.2 Å². The average molecular weight is 422 g/mol. The zero-order chi connectivity index (χ0) is 15.6. The Labute approximate surface area is 138 Å². The molecule has 112 valence electrons. The molecule has 1 unspecified atom stereocenters. The third kappa shape index (κ3) is 4.33. The fraction of sp³-hybridized carbons (Fsp3) is 0.250. The molecule has 0 spiro atoms. The van der Waals surface area contributed by atoms with Crippen molar-refractivity contribution in [1.29, 1.82) is 0 Å². The largest absolute Gasteiger partial charge is 0.416 e. The predicted molar refractivity (Wildman–Crippen MR) is 85.7 cm³/mol. The molecule has 1 atom stereocenters. The van der Waals surface area contributed by atoms with E-state index >= 15 is 0 Å². The molecule has 5 heteroatoms. The van der Waals surface area contributed by atoms with Crippen molar-refractivity contribution in [2.75, 3.05) is 0 Å². The van der Waals surface area contributed by atoms with Gasteiger partial charge in [0.15, 0.2) is 0 Å². The molecule has 2 aromatic rings. The molecule has 0 N–H and O–H groups in total. The van der Waals surface area contributed by atoms with Gasteiger partial charge in [0.25, 0.3) is 0 Å². The summed E-state index contributed by atoms with van der Waals surface area (Å²) in [6.07, 6.45) is -3.70. The van der Waals surface area contributed by atoms with Gasteiger partial charge in [0.2, 0.25) is 0 Å². The molecule has 0 aliphatic heterocycles. The zero-order valence-electron chi connectivity index (χ0n) is 11.2. The highest BCUT2D eigenvalue weighted by Gasteiger charge is 2.31. The van der Waals surface area contributed by atoms with E-state index in [1.807, 2.05) is 31.2 Å². The third-order valence-electron chi connectivity index (χ3n) is 3.20. The molecule has 0 saturated carbocycles. The summed E-state index contributed by atoms with van der Waals surface area (Å²) in [4.78, 5) is -0.183. The minimum Gasteiger partial charge on any atom is -0.166 e. The normalized spacial score (nSPS) is 13.2. The maximum absolute atomic E-state index is 12.8. The van der Waals surface area contributed by atoms with E-state index in [4.69, 9.17) is 0 Å². The lowest BCUT2D eigenvalue weighted by Crippen LogP contribution is -2.07. The fourth-order valence-electron chi connectivity index (χ4n) is 2.00. The van der Waals surface area contributed by atoms with Crippen LogP contribution in [0.4, 0.5) is 13.2 Å². The minimum atomic E-state index is -4.33. The molecule has 0 saturated heterocycles. The van der Waals surface area contributed by atoms with Crippen molar-refractivity contribution >= 4 is 31.9 Å². The molecule has 0 aromatic heterocycles. The summed E-state index contributed by atoms with van der Waals surface area (Å²) in [5, 5.41) is 0. The maximum Gasteiger partial charge on any atom is 0.416 e. The van der Waals surface area contributed by atoms with Gasteiger partial charge in [0.05, 0.1) is 5.56 Å². The number of alkyl halides is 4. The van der Waals surface area contributed by atoms with Crippen LogP contribution in [0.25, 0.3) is 0 Å². The Morgan fingerprint density at radius 3 is 2.24 bits per heavy atom. The molecule has 0 heterocycles. The van der Waals surface area contributed by atoms with Crippen LogP contribution < -0.4 is 0 Å². The average Bonchev–Trinajstić information content (AvgIpc) is 2.40. The van der Waals surface area contributed by atoms with Crippen molar-refractivity contribution in [3.8, 4) is 0 Å². The summed E-state index contributed by atoms with van der Waals surface area (Å²) in [5.41, 5.74) is 2.20. The van der Waals surface area contributed by atoms with Crippen molar-refractivity contribution in [3.63, 3.8) is 0 Å². The third-order valence-corrected chi connectivity index (χ3v) is 4.74. The Balaban J connectivity index is 2.26. The van der Waals surface area contributed by atoms with E-state index in [-0.39, 0.29) is 4.83 Å². The molecule has 0 amide bonds. The van der Waals surface area contributed by atoms with Crippen LogP contribution in [0.1, 0.15) is 27.1 Å². The molecule has 0 fully saturated rings. The van der Waals surface area contributed by atoms with Crippen LogP contribution in [0.5, 0.6) is 0 Å². The summed E-state index contributed by atoms with van der Waals surface area (Å²) in [5.74, 6) is 0. The Morgan fingerprint density at radius 2 is 1.67 bits per heavy atom. The Hall–Kier alpha value is -0.810. The highest BCUT2D eigenvalue weighted by molar-refractivity contribution is 9.11. The van der Waals surface area contributed by atoms with Crippen LogP contribution >= 0.6 is 31.9 Å². The van der Waals surface area contributed by atoms with Gasteiger partial charge >= 0.3 is 6.18 Å². The second-order valence-electron chi connectivity index (χ2n) is 4.89. The van der Waals surface area contributed by atoms with Crippen molar-refractivity contribution in [2.45, 2.75) is 24.3 Å². The van der Waals surface area contributed by atoms with Crippen LogP contribution in [0.3, 0.4) is 0 Å². The van der Waals surface area contributed by atoms with Gasteiger partial charge in [-0.1, -0.05) is 61.7 Å². The van der Waals surface area contributed by atoms with Crippen LogP contribution in [0.2, 0.25) is 0 Å². The van der Waals surface area contributed by atoms with E-state index < -0.39 is 11.7 Å². The highest BCUT2D eigenvalue weighted by Crippen LogP contribution is 2.37. The summed E-state index contributed by atoms with van der Waals surface area (Å²) in [6, 6.07) is 11.7. The van der Waals surface area contributed by atoms with Gasteiger partial charge in [-0.05, 0) is 42.7 Å². The zero-order valence-corrected chi connectivity index (χ0v) is 14.4. The Bertz CT molecular complexity index is 618. The number of rotatable bonds is 3. The van der Waals surface area contributed by atoms with Gasteiger partial charge in [-0.3, -0.25) is 0 Å². The predicted octanol–water partition coefficient (Wildman–Crippen LogP) is 6.46. The first kappa shape index (κ1) is 16.6. The topological polar surface area (TPSA) is 0 Å². The van der Waals surface area contributed by atoms with Gasteiger partial charge in [0.1, 0.15) is 0 Å². The summed E-state index contributed by atoms with van der Waals surface area (Å²) in [6.45, 7) is 2.00. The monoisotopic (exact) mass is 420 g/mol. The molecule has 0 aliphatic rings. The second-order valence-corrected chi connectivity index (χ2v) is 6.85. The van der Waals surface area contributed by atoms with E-state index in [1.165, 1.54) is 12.1 Å². The van der Waals surface area contributed by atoms with Gasteiger partial charge in [0, 0.05) is 9.30 Å². The molecule has 0 nitrogen and oxygen atoms in total. The van der Waals surface area contributed by atoms with Crippen LogP contribution in [-0.4, -0.2) is 0 Å². The smallest absolute Gasteiger partial charge is 0.166 e. The lowest BCUT2D eigenvalue weighted by Gasteiger charge is -2.15. The van der Waals surface area contributed by atoms with Gasteiger partial charge in [-0.25, -0.2) is 0 Å². The second kappa shape index (κ2) is 6.53. The van der Waals surface area contributed by atoms with Crippen molar-refractivity contribution < 1.29 is 13.2 Å². The van der Waals surface area contributed by atoms with E-state index in [9.17, 15) is 13.2 Å². The van der Waals surface area contributed by atoms with Crippen LogP contribution in [0, 0.1) is 6.92 Å². The molecule has 2 rings (SSSR count). The van der Waals surface area contributed by atoms with Gasteiger partial charge < -0.3 is 0 Å². The van der Waals surface area contributed by atoms with E-state index in [1.54, 1.807) is 0 Å². The Kier molecular flexibility index (Phi) is 5.15. The molecule has 0 bridgehead atoms. The quantitative estimate of drug-likeness (QED) is 0.499. The molecule has 0 aliphatic carbocycles. The number of halogens is 5. The number of aryl methyl sites for hydroxylation is 1. The summed E-state index contributed by atoms with van der Waals surface area (Å²) in [7, 11) is 0. The van der Waals surface area contributed by atoms with Crippen molar-refractivity contribution in [3.05, 3.63) is 69.2 Å². The number of hydrogen-bond donors (Lipinski definition) is 0. The molecule has 2 aromatic carbocycles.